The molecule has 0 spiro atoms. The highest BCUT2D eigenvalue weighted by molar-refractivity contribution is 6.33. The standard InChI is InChI=1S/C45H33ClN4/c1-45(32-20-12-5-13-21-32)33-28-47-44(43(33)46)42(31-18-10-4-11-19-31)38-25-24-35(49-38)40(29-14-6-2-7-15-29)34-22-23-36(48-34)41(30-16-8-3-9-17-30)37-26-27-39(45)50-37/h2-28,47,49-50H,1H3/b40-35-,41-36-,42-38-/t45-/m1/s1. The number of fused-ring (bicyclic) bond motifs is 7. The maximum Gasteiger partial charge on any atom is 0.0737 e. The monoisotopic (exact) mass is 664 g/mol. The van der Waals surface area contributed by atoms with Gasteiger partial charge in [0.1, 0.15) is 0 Å². The summed E-state index contributed by atoms with van der Waals surface area (Å²) < 4.78 is 0. The Morgan fingerprint density at radius 3 is 1.76 bits per heavy atom. The van der Waals surface area contributed by atoms with Crippen LogP contribution in [0.15, 0.2) is 175 Å². The predicted molar refractivity (Wildman–Crippen MR) is 205 cm³/mol. The van der Waals surface area contributed by atoms with Gasteiger partial charge in [0.15, 0.2) is 0 Å². The van der Waals surface area contributed by atoms with Crippen LogP contribution in [0.5, 0.6) is 0 Å². The van der Waals surface area contributed by atoms with Gasteiger partial charge in [-0.1, -0.05) is 133 Å². The van der Waals surface area contributed by atoms with Gasteiger partial charge in [-0.25, -0.2) is 4.99 Å². The van der Waals surface area contributed by atoms with Crippen LogP contribution in [-0.4, -0.2) is 20.7 Å². The second-order valence-corrected chi connectivity index (χ2v) is 13.3. The highest BCUT2D eigenvalue weighted by atomic mass is 35.5. The Bertz CT molecular complexity index is 2580. The molecular weight excluding hydrogens is 632 g/mol. The summed E-state index contributed by atoms with van der Waals surface area (Å²) in [4.78, 5) is 16.7. The van der Waals surface area contributed by atoms with Crippen molar-refractivity contribution in [1.29, 1.82) is 0 Å². The SMILES string of the molecule is C[C@]1(c2ccccc2)c2ccc([nH]2)/C(c2ccccc2)=C2/C=CC(=N2)/C(c2ccccc2)=c2/cc/c([nH]2)=C(\c2ccccc2)c2[nH]cc1c2Cl. The van der Waals surface area contributed by atoms with Crippen LogP contribution in [0.25, 0.3) is 16.7 Å². The fraction of sp³-hybridized carbons (Fsp3) is 0.0444. The molecule has 0 fully saturated rings. The first-order chi connectivity index (χ1) is 24.6. The van der Waals surface area contributed by atoms with E-state index in [0.717, 1.165) is 83.7 Å². The molecule has 2 aliphatic rings. The molecule has 2 aliphatic heterocycles. The molecule has 3 aromatic heterocycles. The van der Waals surface area contributed by atoms with E-state index >= 15 is 0 Å². The Kier molecular flexibility index (Phi) is 7.26. The van der Waals surface area contributed by atoms with E-state index in [2.05, 4.69) is 168 Å². The topological polar surface area (TPSA) is 59.7 Å². The first-order valence-corrected chi connectivity index (χ1v) is 17.2. The van der Waals surface area contributed by atoms with Crippen molar-refractivity contribution in [2.45, 2.75) is 12.3 Å². The van der Waals surface area contributed by atoms with Gasteiger partial charge >= 0.3 is 0 Å². The number of rotatable bonds is 4. The van der Waals surface area contributed by atoms with Crippen LogP contribution in [0, 0.1) is 0 Å². The Hall–Kier alpha value is -6.10. The number of hydrogen-bond donors (Lipinski definition) is 3. The molecule has 0 radical (unpaired) electrons. The lowest BCUT2D eigenvalue weighted by Crippen LogP contribution is -2.26. The van der Waals surface area contributed by atoms with Crippen LogP contribution in [0.3, 0.4) is 0 Å². The minimum atomic E-state index is -0.619. The first kappa shape index (κ1) is 30.0. The second-order valence-electron chi connectivity index (χ2n) is 12.9. The second kappa shape index (κ2) is 12.1. The summed E-state index contributed by atoms with van der Waals surface area (Å²) in [5.41, 5.74) is 12.4. The number of aromatic nitrogens is 3. The molecule has 3 N–H and O–H groups in total. The summed E-state index contributed by atoms with van der Waals surface area (Å²) in [6.45, 7) is 2.25. The molecular formula is C45H33ClN4. The zero-order valence-corrected chi connectivity index (χ0v) is 28.2. The molecule has 7 aromatic rings. The highest BCUT2D eigenvalue weighted by Gasteiger charge is 2.37. The average molecular weight is 665 g/mol. The van der Waals surface area contributed by atoms with Crippen molar-refractivity contribution >= 4 is 34.0 Å². The summed E-state index contributed by atoms with van der Waals surface area (Å²) in [5.74, 6) is 0. The summed E-state index contributed by atoms with van der Waals surface area (Å²) in [5, 5.41) is 2.60. The van der Waals surface area contributed by atoms with Gasteiger partial charge in [0, 0.05) is 50.6 Å². The Morgan fingerprint density at radius 2 is 1.12 bits per heavy atom. The third-order valence-electron chi connectivity index (χ3n) is 10.0. The van der Waals surface area contributed by atoms with Crippen LogP contribution in [0.2, 0.25) is 5.02 Å². The smallest absolute Gasteiger partial charge is 0.0737 e. The van der Waals surface area contributed by atoms with E-state index < -0.39 is 5.41 Å². The number of nitrogens with one attached hydrogen (secondary N) is 3. The number of halogens is 1. The third-order valence-corrected chi connectivity index (χ3v) is 10.4. The zero-order valence-electron chi connectivity index (χ0n) is 27.4. The number of allylic oxidation sites excluding steroid dienone is 2. The minimum absolute atomic E-state index is 0.619. The predicted octanol–water partition coefficient (Wildman–Crippen LogP) is 8.91. The van der Waals surface area contributed by atoms with Gasteiger partial charge in [-0.05, 0) is 65.6 Å². The average Bonchev–Trinajstić information content (AvgIpc) is 4.00. The van der Waals surface area contributed by atoms with Crippen molar-refractivity contribution in [1.82, 2.24) is 15.0 Å². The van der Waals surface area contributed by atoms with Crippen LogP contribution in [-0.2, 0) is 5.41 Å². The molecule has 0 saturated carbocycles. The molecule has 5 heteroatoms. The van der Waals surface area contributed by atoms with E-state index in [1.165, 1.54) is 0 Å². The van der Waals surface area contributed by atoms with Crippen LogP contribution >= 0.6 is 11.6 Å². The van der Waals surface area contributed by atoms with Crippen LogP contribution in [0.4, 0.5) is 0 Å². The molecule has 1 atom stereocenters. The van der Waals surface area contributed by atoms with Crippen LogP contribution in [0.1, 0.15) is 51.8 Å². The number of hydrogen-bond acceptors (Lipinski definition) is 1. The van der Waals surface area contributed by atoms with Gasteiger partial charge in [-0.15, -0.1) is 0 Å². The van der Waals surface area contributed by atoms with Crippen molar-refractivity contribution in [3.8, 4) is 0 Å². The molecule has 50 heavy (non-hydrogen) atoms. The van der Waals surface area contributed by atoms with Gasteiger partial charge in [0.2, 0.25) is 0 Å². The summed E-state index contributed by atoms with van der Waals surface area (Å²) in [6.07, 6.45) is 6.34. The van der Waals surface area contributed by atoms with Gasteiger partial charge in [0.25, 0.3) is 0 Å². The number of nitrogens with zero attached hydrogens (tertiary/aromatic N) is 1. The Morgan fingerprint density at radius 1 is 0.560 bits per heavy atom. The van der Waals surface area contributed by atoms with E-state index in [9.17, 15) is 0 Å². The lowest BCUT2D eigenvalue weighted by Gasteiger charge is -2.30. The fourth-order valence-corrected chi connectivity index (χ4v) is 7.86. The lowest BCUT2D eigenvalue weighted by atomic mass is 9.74. The van der Waals surface area contributed by atoms with Crippen molar-refractivity contribution in [3.63, 3.8) is 0 Å². The zero-order chi connectivity index (χ0) is 33.7. The normalized spacial score (nSPS) is 20.6. The number of aliphatic imine (C=N–C) groups is 1. The lowest BCUT2D eigenvalue weighted by molar-refractivity contribution is 0.671. The maximum absolute atomic E-state index is 7.60. The third kappa shape index (κ3) is 4.88. The van der Waals surface area contributed by atoms with Crippen molar-refractivity contribution in [2.24, 2.45) is 4.99 Å². The van der Waals surface area contributed by atoms with Gasteiger partial charge in [-0.2, -0.15) is 0 Å². The van der Waals surface area contributed by atoms with Crippen molar-refractivity contribution in [2.75, 3.05) is 0 Å². The van der Waals surface area contributed by atoms with Crippen molar-refractivity contribution in [3.05, 3.63) is 230 Å². The van der Waals surface area contributed by atoms with E-state index in [-0.39, 0.29) is 0 Å². The molecule has 8 bridgehead atoms. The Balaban J connectivity index is 1.44. The molecule has 0 saturated heterocycles. The minimum Gasteiger partial charge on any atom is -0.360 e. The van der Waals surface area contributed by atoms with E-state index in [4.69, 9.17) is 16.6 Å². The molecule has 5 heterocycles. The van der Waals surface area contributed by atoms with Crippen molar-refractivity contribution < 1.29 is 0 Å². The molecule has 0 unspecified atom stereocenters. The Labute approximate surface area is 295 Å². The summed E-state index contributed by atoms with van der Waals surface area (Å²) in [7, 11) is 0. The quantitative estimate of drug-likeness (QED) is 0.168. The molecule has 240 valence electrons. The molecule has 9 rings (SSSR count). The largest absolute Gasteiger partial charge is 0.360 e. The van der Waals surface area contributed by atoms with Gasteiger partial charge < -0.3 is 15.0 Å². The highest BCUT2D eigenvalue weighted by Crippen LogP contribution is 2.45. The first-order valence-electron chi connectivity index (χ1n) is 16.8. The molecule has 4 aromatic carbocycles. The molecule has 0 aliphatic carbocycles. The van der Waals surface area contributed by atoms with E-state index in [1.54, 1.807) is 0 Å². The van der Waals surface area contributed by atoms with Gasteiger partial charge in [0.05, 0.1) is 27.5 Å². The maximum atomic E-state index is 7.60. The molecule has 0 amide bonds. The number of benzene rings is 4. The molecule has 4 nitrogen and oxygen atoms in total. The summed E-state index contributed by atoms with van der Waals surface area (Å²) in [6, 6.07) is 50.6. The summed E-state index contributed by atoms with van der Waals surface area (Å²) >= 11 is 7.60. The van der Waals surface area contributed by atoms with E-state index in [1.807, 2.05) is 18.2 Å². The van der Waals surface area contributed by atoms with Gasteiger partial charge in [-0.3, -0.25) is 0 Å². The number of aromatic amines is 3. The number of H-pyrrole nitrogens is 3. The fourth-order valence-electron chi connectivity index (χ4n) is 7.47. The van der Waals surface area contributed by atoms with E-state index in [0.29, 0.717) is 5.02 Å². The van der Waals surface area contributed by atoms with Crippen LogP contribution < -0.4 is 10.7 Å².